The van der Waals surface area contributed by atoms with Crippen LogP contribution in [0.1, 0.15) is 134 Å². The molecule has 1 aromatic carbocycles. The summed E-state index contributed by atoms with van der Waals surface area (Å²) in [5.41, 5.74) is 1.21. The Morgan fingerprint density at radius 3 is 1.94 bits per heavy atom. The van der Waals surface area contributed by atoms with E-state index in [1.807, 2.05) is 12.1 Å². The lowest BCUT2D eigenvalue weighted by molar-refractivity contribution is 0.155. The fourth-order valence-electron chi connectivity index (χ4n) is 6.39. The smallest absolute Gasteiger partial charge is 0.162 e. The lowest BCUT2D eigenvalue weighted by atomic mass is 9.68. The van der Waals surface area contributed by atoms with Gasteiger partial charge < -0.3 is 0 Å². The molecule has 0 atom stereocenters. The van der Waals surface area contributed by atoms with Gasteiger partial charge >= 0.3 is 0 Å². The molecule has 0 radical (unpaired) electrons. The molecule has 1 aromatic rings. The summed E-state index contributed by atoms with van der Waals surface area (Å²) in [4.78, 5) is 0. The van der Waals surface area contributed by atoms with Crippen molar-refractivity contribution in [1.82, 2.24) is 0 Å². The SMILES string of the molecule is CCCCCC[C@H]1CC[C@H]([C@H]2CC[C@H](c3ccc(CCCCC)c(F)c3F)CC2)CC1. The summed E-state index contributed by atoms with van der Waals surface area (Å²) in [6.07, 6.45) is 20.9. The van der Waals surface area contributed by atoms with Gasteiger partial charge in [-0.05, 0) is 86.2 Å². The van der Waals surface area contributed by atoms with Crippen LogP contribution in [-0.4, -0.2) is 0 Å². The van der Waals surface area contributed by atoms with E-state index in [1.54, 1.807) is 0 Å². The van der Waals surface area contributed by atoms with Gasteiger partial charge in [0.15, 0.2) is 11.6 Å². The van der Waals surface area contributed by atoms with Crippen molar-refractivity contribution in [3.05, 3.63) is 34.9 Å². The van der Waals surface area contributed by atoms with Gasteiger partial charge in [-0.3, -0.25) is 0 Å². The van der Waals surface area contributed by atoms with E-state index in [2.05, 4.69) is 13.8 Å². The number of hydrogen-bond donors (Lipinski definition) is 0. The Labute approximate surface area is 190 Å². The fraction of sp³-hybridized carbons (Fsp3) is 0.793. The van der Waals surface area contributed by atoms with Crippen molar-refractivity contribution in [2.24, 2.45) is 17.8 Å². The van der Waals surface area contributed by atoms with E-state index in [0.29, 0.717) is 17.5 Å². The zero-order valence-corrected chi connectivity index (χ0v) is 20.2. The van der Waals surface area contributed by atoms with E-state index in [0.717, 1.165) is 49.9 Å². The van der Waals surface area contributed by atoms with Gasteiger partial charge in [-0.15, -0.1) is 0 Å². The molecule has 0 bridgehead atoms. The molecule has 2 saturated carbocycles. The molecule has 2 aliphatic carbocycles. The van der Waals surface area contributed by atoms with E-state index in [9.17, 15) is 8.78 Å². The molecule has 2 fully saturated rings. The molecule has 0 aromatic heterocycles. The molecule has 0 N–H and O–H groups in total. The van der Waals surface area contributed by atoms with Gasteiger partial charge in [-0.2, -0.15) is 0 Å². The van der Waals surface area contributed by atoms with Crippen LogP contribution in [0.4, 0.5) is 8.78 Å². The molecule has 31 heavy (non-hydrogen) atoms. The highest BCUT2D eigenvalue weighted by Gasteiger charge is 2.32. The summed E-state index contributed by atoms with van der Waals surface area (Å²) in [6, 6.07) is 3.76. The van der Waals surface area contributed by atoms with Crippen molar-refractivity contribution in [3.63, 3.8) is 0 Å². The molecule has 0 saturated heterocycles. The van der Waals surface area contributed by atoms with Crippen molar-refractivity contribution in [1.29, 1.82) is 0 Å². The van der Waals surface area contributed by atoms with Crippen molar-refractivity contribution >= 4 is 0 Å². The van der Waals surface area contributed by atoms with Crippen molar-refractivity contribution in [3.8, 4) is 0 Å². The predicted molar refractivity (Wildman–Crippen MR) is 128 cm³/mol. The summed E-state index contributed by atoms with van der Waals surface area (Å²) in [5.74, 6) is 1.76. The third kappa shape index (κ3) is 7.03. The van der Waals surface area contributed by atoms with Gasteiger partial charge in [0.05, 0.1) is 0 Å². The highest BCUT2D eigenvalue weighted by molar-refractivity contribution is 5.29. The Morgan fingerprint density at radius 1 is 0.677 bits per heavy atom. The molecule has 0 heterocycles. The second-order valence-electron chi connectivity index (χ2n) is 10.6. The maximum Gasteiger partial charge on any atom is 0.162 e. The quantitative estimate of drug-likeness (QED) is 0.305. The first-order valence-electron chi connectivity index (χ1n) is 13.6. The highest BCUT2D eigenvalue weighted by atomic mass is 19.2. The first-order chi connectivity index (χ1) is 15.1. The minimum absolute atomic E-state index is 0.213. The third-order valence-electron chi connectivity index (χ3n) is 8.48. The molecule has 3 rings (SSSR count). The van der Waals surface area contributed by atoms with Gasteiger partial charge in [-0.25, -0.2) is 8.78 Å². The number of aryl methyl sites for hydroxylation is 1. The average molecular weight is 433 g/mol. The predicted octanol–water partition coefficient (Wildman–Crippen LogP) is 9.75. The molecular weight excluding hydrogens is 386 g/mol. The summed E-state index contributed by atoms with van der Waals surface area (Å²) in [6.45, 7) is 4.42. The zero-order chi connectivity index (χ0) is 22.1. The Hall–Kier alpha value is -0.920. The molecular formula is C29H46F2. The van der Waals surface area contributed by atoms with Crippen molar-refractivity contribution in [2.45, 2.75) is 129 Å². The lowest BCUT2D eigenvalue weighted by Gasteiger charge is -2.38. The number of benzene rings is 1. The molecule has 0 nitrogen and oxygen atoms in total. The second-order valence-corrected chi connectivity index (χ2v) is 10.6. The minimum atomic E-state index is -0.576. The Morgan fingerprint density at radius 2 is 1.29 bits per heavy atom. The molecule has 0 aliphatic heterocycles. The van der Waals surface area contributed by atoms with Crippen LogP contribution in [0.5, 0.6) is 0 Å². The minimum Gasteiger partial charge on any atom is -0.203 e. The van der Waals surface area contributed by atoms with Crippen molar-refractivity contribution in [2.75, 3.05) is 0 Å². The molecule has 176 valence electrons. The maximum atomic E-state index is 14.8. The van der Waals surface area contributed by atoms with E-state index in [-0.39, 0.29) is 5.92 Å². The molecule has 0 amide bonds. The van der Waals surface area contributed by atoms with Crippen LogP contribution in [0.3, 0.4) is 0 Å². The van der Waals surface area contributed by atoms with E-state index < -0.39 is 11.6 Å². The number of rotatable bonds is 11. The summed E-state index contributed by atoms with van der Waals surface area (Å²) < 4.78 is 29.4. The topological polar surface area (TPSA) is 0 Å². The summed E-state index contributed by atoms with van der Waals surface area (Å²) in [7, 11) is 0. The number of hydrogen-bond acceptors (Lipinski definition) is 0. The Bertz CT molecular complexity index is 636. The van der Waals surface area contributed by atoms with Gasteiger partial charge in [-0.1, -0.05) is 83.8 Å². The number of halogens is 2. The maximum absolute atomic E-state index is 14.8. The van der Waals surface area contributed by atoms with Crippen LogP contribution in [0, 0.1) is 29.4 Å². The first-order valence-corrected chi connectivity index (χ1v) is 13.6. The molecule has 2 heteroatoms. The molecule has 0 unspecified atom stereocenters. The van der Waals surface area contributed by atoms with Crippen LogP contribution < -0.4 is 0 Å². The first kappa shape index (κ1) is 24.7. The van der Waals surface area contributed by atoms with E-state index in [1.165, 1.54) is 70.6 Å². The van der Waals surface area contributed by atoms with Crippen LogP contribution >= 0.6 is 0 Å². The third-order valence-corrected chi connectivity index (χ3v) is 8.48. The lowest BCUT2D eigenvalue weighted by Crippen LogP contribution is -2.25. The summed E-state index contributed by atoms with van der Waals surface area (Å²) in [5, 5.41) is 0. The standard InChI is InChI=1S/C29H46F2/c1-3-5-7-9-10-22-12-14-23(15-13-22)24-16-18-25(19-17-24)27-21-20-26(11-8-6-4-2)28(30)29(27)31/h20-25H,3-19H2,1-2H3/t22-,23-,24-,25-. The Kier molecular flexibility index (Phi) is 10.3. The number of unbranched alkanes of at least 4 members (excludes halogenated alkanes) is 5. The van der Waals surface area contributed by atoms with E-state index in [4.69, 9.17) is 0 Å². The van der Waals surface area contributed by atoms with Crippen LogP contribution in [-0.2, 0) is 6.42 Å². The monoisotopic (exact) mass is 432 g/mol. The van der Waals surface area contributed by atoms with Crippen molar-refractivity contribution < 1.29 is 8.78 Å². The largest absolute Gasteiger partial charge is 0.203 e. The van der Waals surface area contributed by atoms with Crippen LogP contribution in [0.2, 0.25) is 0 Å². The average Bonchev–Trinajstić information content (AvgIpc) is 2.80. The molecule has 2 aliphatic rings. The van der Waals surface area contributed by atoms with Gasteiger partial charge in [0.2, 0.25) is 0 Å². The normalized spacial score (nSPS) is 26.8. The zero-order valence-electron chi connectivity index (χ0n) is 20.2. The Balaban J connectivity index is 1.44. The summed E-state index contributed by atoms with van der Waals surface area (Å²) >= 11 is 0. The fourth-order valence-corrected chi connectivity index (χ4v) is 6.39. The van der Waals surface area contributed by atoms with Gasteiger partial charge in [0, 0.05) is 0 Å². The molecule has 0 spiro atoms. The van der Waals surface area contributed by atoms with E-state index >= 15 is 0 Å². The van der Waals surface area contributed by atoms with Crippen LogP contribution in [0.15, 0.2) is 12.1 Å². The second kappa shape index (κ2) is 12.9. The highest BCUT2D eigenvalue weighted by Crippen LogP contribution is 2.45. The van der Waals surface area contributed by atoms with Crippen LogP contribution in [0.25, 0.3) is 0 Å². The van der Waals surface area contributed by atoms with Gasteiger partial charge in [0.1, 0.15) is 0 Å². The van der Waals surface area contributed by atoms with Gasteiger partial charge in [0.25, 0.3) is 0 Å².